The number of aliphatic hydroxyl groups excluding tert-OH is 1. The van der Waals surface area contributed by atoms with Gasteiger partial charge in [0.15, 0.2) is 0 Å². The van der Waals surface area contributed by atoms with Crippen LogP contribution in [0.5, 0.6) is 0 Å². The number of rotatable bonds is 16. The standard InChI is InChI=1S/C25H23ClN4O3.C21H17ClN4O2.C4H7ClN2O/c1-5-6-22(31)32-16(3)20(13-19-11-12-21(28-4)23(26)15(19)2)25-30-29-24(33-25)18-9-7-17(14-27)8-10-18;1-12-16(8-9-18(24-3)19(12)22)10-17(13(2)27)21-26-25-20(28-21)15-6-4-14(11-23)5-7-15;1-2-3-6-7-4-8-5/h7-12,16,20H,5-6,13H2,1-3H3;4-9,13,17,27H,10H2,1-2H3;3-4H,2H2,1H3/b;;6-3+,7-4+/t16-,20+;13-,17+;/m00./s1. The molecule has 0 aliphatic heterocycles. The first-order valence-electron chi connectivity index (χ1n) is 21.4. The van der Waals surface area contributed by atoms with Crippen LogP contribution in [0.25, 0.3) is 32.6 Å². The molecule has 0 saturated carbocycles. The second-order valence-electron chi connectivity index (χ2n) is 15.2. The smallest absolute Gasteiger partial charge is 0.306 e. The molecule has 0 unspecified atom stereocenters. The van der Waals surface area contributed by atoms with Gasteiger partial charge in [0.25, 0.3) is 0 Å². The summed E-state index contributed by atoms with van der Waals surface area (Å²) < 4.78 is 21.4. The van der Waals surface area contributed by atoms with E-state index in [0.717, 1.165) is 35.1 Å². The lowest BCUT2D eigenvalue weighted by molar-refractivity contribution is -0.149. The molecule has 4 aromatic carbocycles. The lowest BCUT2D eigenvalue weighted by Gasteiger charge is -2.22. The molecule has 2 aromatic heterocycles. The summed E-state index contributed by atoms with van der Waals surface area (Å²) >= 11 is 17.4. The molecular weight excluding hydrogens is 943 g/mol. The third-order valence-corrected chi connectivity index (χ3v) is 11.5. The predicted octanol–water partition coefficient (Wildman–Crippen LogP) is 12.6. The average molecular weight is 990 g/mol. The van der Waals surface area contributed by atoms with E-state index in [2.05, 4.69) is 56.7 Å². The zero-order chi connectivity index (χ0) is 50.5. The van der Waals surface area contributed by atoms with Gasteiger partial charge in [0, 0.05) is 23.8 Å². The van der Waals surface area contributed by atoms with Crippen molar-refractivity contribution in [3.05, 3.63) is 151 Å². The van der Waals surface area contributed by atoms with Gasteiger partial charge in [-0.1, -0.05) is 61.3 Å². The average Bonchev–Trinajstić information content (AvgIpc) is 4.06. The van der Waals surface area contributed by atoms with E-state index >= 15 is 0 Å². The van der Waals surface area contributed by atoms with Gasteiger partial charge >= 0.3 is 5.97 Å². The maximum Gasteiger partial charge on any atom is 0.306 e. The molecule has 0 bridgehead atoms. The van der Waals surface area contributed by atoms with E-state index in [1.165, 1.54) is 0 Å². The van der Waals surface area contributed by atoms with Crippen LogP contribution >= 0.6 is 35.1 Å². The van der Waals surface area contributed by atoms with Crippen LogP contribution in [0.15, 0.2) is 91.8 Å². The van der Waals surface area contributed by atoms with E-state index in [-0.39, 0.29) is 5.97 Å². The lowest BCUT2D eigenvalue weighted by atomic mass is 9.92. The first-order chi connectivity index (χ1) is 33.2. The van der Waals surface area contributed by atoms with Crippen molar-refractivity contribution in [1.82, 2.24) is 20.4 Å². The molecule has 1 N–H and O–H groups in total. The second kappa shape index (κ2) is 27.4. The van der Waals surface area contributed by atoms with Gasteiger partial charge in [-0.05, 0) is 124 Å². The summed E-state index contributed by atoms with van der Waals surface area (Å²) in [6, 6.07) is 24.8. The van der Waals surface area contributed by atoms with E-state index in [0.29, 0.717) is 92.9 Å². The maximum atomic E-state index is 12.2. The largest absolute Gasteiger partial charge is 0.462 e. The van der Waals surface area contributed by atoms with Gasteiger partial charge in [-0.15, -0.1) is 25.5 Å². The molecule has 19 heteroatoms. The SMILES string of the molecule is CC/C=N/N=C/OCl.[C-]#[N+]c1ccc(C[C@@H](c2nnc(-c3ccc(C#N)cc3)o2)[C@H](C)O)c(C)c1Cl.[C-]#[N+]c1ccc(C[C@@H](c2nnc(-c3ccc(C#N)cc3)o2)[C@H](C)OC(=O)CCC)c(C)c1Cl. The van der Waals surface area contributed by atoms with E-state index in [1.807, 2.05) is 39.8 Å². The number of carbonyl (C=O) groups is 1. The summed E-state index contributed by atoms with van der Waals surface area (Å²) in [5.74, 6) is 0.148. The van der Waals surface area contributed by atoms with Crippen molar-refractivity contribution in [1.29, 1.82) is 10.5 Å². The van der Waals surface area contributed by atoms with Gasteiger partial charge in [0.1, 0.15) is 18.0 Å². The molecule has 6 aromatic rings. The Balaban J connectivity index is 0.000000262. The number of ether oxygens (including phenoxy) is 1. The molecule has 69 heavy (non-hydrogen) atoms. The van der Waals surface area contributed by atoms with Gasteiger partial charge in [0.05, 0.1) is 64.4 Å². The summed E-state index contributed by atoms with van der Waals surface area (Å²) in [7, 11) is 0. The van der Waals surface area contributed by atoms with Gasteiger partial charge in [-0.2, -0.15) is 15.6 Å². The molecule has 0 saturated heterocycles. The first-order valence-corrected chi connectivity index (χ1v) is 22.5. The highest BCUT2D eigenvalue weighted by Gasteiger charge is 2.30. The number of carbonyl (C=O) groups excluding carboxylic acids is 1. The van der Waals surface area contributed by atoms with Gasteiger partial charge in [-0.3, -0.25) is 4.79 Å². The molecule has 4 atom stereocenters. The van der Waals surface area contributed by atoms with Crippen LogP contribution in [0.4, 0.5) is 11.4 Å². The summed E-state index contributed by atoms with van der Waals surface area (Å²) in [4.78, 5) is 19.0. The Morgan fingerprint density at radius 3 is 1.64 bits per heavy atom. The Morgan fingerprint density at radius 2 is 1.23 bits per heavy atom. The third kappa shape index (κ3) is 15.3. The molecule has 0 aliphatic carbocycles. The molecule has 6 rings (SSSR count). The summed E-state index contributed by atoms with van der Waals surface area (Å²) in [5, 5.41) is 52.5. The second-order valence-corrected chi connectivity index (χ2v) is 16.1. The molecule has 0 fully saturated rings. The van der Waals surface area contributed by atoms with Gasteiger partial charge < -0.3 is 23.0 Å². The van der Waals surface area contributed by atoms with Crippen LogP contribution in [0.3, 0.4) is 0 Å². The van der Waals surface area contributed by atoms with E-state index < -0.39 is 24.0 Å². The minimum atomic E-state index is -0.729. The third-order valence-electron chi connectivity index (χ3n) is 10.5. The fourth-order valence-electron chi connectivity index (χ4n) is 6.53. The topological polar surface area (TPSA) is 215 Å². The van der Waals surface area contributed by atoms with Crippen molar-refractivity contribution < 1.29 is 27.8 Å². The Morgan fingerprint density at radius 1 is 0.768 bits per heavy atom. The van der Waals surface area contributed by atoms with Crippen LogP contribution in [-0.4, -0.2) is 56.3 Å². The van der Waals surface area contributed by atoms with Gasteiger partial charge in [-0.25, -0.2) is 9.69 Å². The molecule has 0 amide bonds. The summed E-state index contributed by atoms with van der Waals surface area (Å²) in [6.45, 7) is 25.5. The van der Waals surface area contributed by atoms with Crippen LogP contribution in [0.1, 0.15) is 104 Å². The van der Waals surface area contributed by atoms with E-state index in [1.54, 1.807) is 80.7 Å². The number of nitrogens with zero attached hydrogens (tertiary/aromatic N) is 10. The predicted molar refractivity (Wildman–Crippen MR) is 263 cm³/mol. The Hall–Kier alpha value is -7.44. The lowest BCUT2D eigenvalue weighted by Crippen LogP contribution is -2.25. The fraction of sp³-hybridized carbons (Fsp3) is 0.300. The number of nitriles is 2. The molecule has 0 spiro atoms. The quantitative estimate of drug-likeness (QED) is 0.0315. The number of aliphatic hydroxyl groups is 1. The Labute approximate surface area is 415 Å². The van der Waals surface area contributed by atoms with Crippen LogP contribution < -0.4 is 0 Å². The number of hydrogen-bond acceptors (Lipinski definition) is 14. The van der Waals surface area contributed by atoms with Crippen molar-refractivity contribution >= 4 is 65.0 Å². The highest BCUT2D eigenvalue weighted by molar-refractivity contribution is 6.34. The van der Waals surface area contributed by atoms with Gasteiger partial charge in [0.2, 0.25) is 41.3 Å². The molecular formula is C50H47Cl3N10O6. The fourth-order valence-corrected chi connectivity index (χ4v) is 7.02. The number of aromatic nitrogens is 4. The minimum Gasteiger partial charge on any atom is -0.462 e. The Bertz CT molecular complexity index is 2880. The molecule has 354 valence electrons. The maximum absolute atomic E-state index is 12.2. The van der Waals surface area contributed by atoms with Crippen molar-refractivity contribution in [2.45, 2.75) is 97.7 Å². The van der Waals surface area contributed by atoms with Crippen molar-refractivity contribution in [2.24, 2.45) is 10.2 Å². The molecule has 2 heterocycles. The number of esters is 1. The minimum absolute atomic E-state index is 0.292. The highest BCUT2D eigenvalue weighted by Crippen LogP contribution is 2.36. The van der Waals surface area contributed by atoms with Crippen molar-refractivity contribution in [3.63, 3.8) is 0 Å². The summed E-state index contributed by atoms with van der Waals surface area (Å²) in [6.07, 6.45) is 4.18. The molecule has 0 aliphatic rings. The number of benzene rings is 4. The van der Waals surface area contributed by atoms with E-state index in [9.17, 15) is 9.90 Å². The number of hydrogen-bond donors (Lipinski definition) is 1. The van der Waals surface area contributed by atoms with Crippen LogP contribution in [0, 0.1) is 49.7 Å². The zero-order valence-electron chi connectivity index (χ0n) is 38.5. The highest BCUT2D eigenvalue weighted by atomic mass is 35.5. The van der Waals surface area contributed by atoms with Crippen molar-refractivity contribution in [2.75, 3.05) is 0 Å². The molecule has 0 radical (unpaired) electrons. The normalized spacial score (nSPS) is 12.4. The number of halogens is 3. The monoisotopic (exact) mass is 988 g/mol. The first kappa shape index (κ1) is 54.2. The zero-order valence-corrected chi connectivity index (χ0v) is 40.8. The van der Waals surface area contributed by atoms with Crippen LogP contribution in [-0.2, 0) is 26.7 Å². The van der Waals surface area contributed by atoms with Crippen molar-refractivity contribution in [3.8, 4) is 35.0 Å². The van der Waals surface area contributed by atoms with E-state index in [4.69, 9.17) is 72.3 Å². The molecule has 16 nitrogen and oxygen atoms in total. The van der Waals surface area contributed by atoms with Crippen LogP contribution in [0.2, 0.25) is 10.0 Å². The Kier molecular flexibility index (Phi) is 21.5. The summed E-state index contributed by atoms with van der Waals surface area (Å²) in [5.41, 5.74) is 6.63.